The van der Waals surface area contributed by atoms with Crippen LogP contribution in [0, 0.1) is 0 Å². The fourth-order valence-corrected chi connectivity index (χ4v) is 5.91. The third kappa shape index (κ3) is 5.77. The van der Waals surface area contributed by atoms with Crippen molar-refractivity contribution in [3.8, 4) is 27.3 Å². The molecule has 0 saturated heterocycles. The van der Waals surface area contributed by atoms with Crippen LogP contribution in [0.5, 0.6) is 5.75 Å². The largest absolute Gasteiger partial charge is 0.493 e. The number of hydrogen-bond acceptors (Lipinski definition) is 8. The molecule has 5 rings (SSSR count). The highest BCUT2D eigenvalue weighted by molar-refractivity contribution is 7.13. The number of benzene rings is 2. The molecule has 2 amide bonds. The van der Waals surface area contributed by atoms with Gasteiger partial charge in [0.05, 0.1) is 13.7 Å². The van der Waals surface area contributed by atoms with E-state index in [0.717, 1.165) is 34.4 Å². The van der Waals surface area contributed by atoms with Crippen LogP contribution < -0.4 is 15.8 Å². The van der Waals surface area contributed by atoms with Gasteiger partial charge in [0, 0.05) is 59.4 Å². The molecule has 1 aliphatic heterocycles. The number of carbonyl (C=O) groups is 3. The molecule has 4 aromatic rings. The van der Waals surface area contributed by atoms with Crippen LogP contribution in [0.15, 0.2) is 60.0 Å². The van der Waals surface area contributed by atoms with Gasteiger partial charge in [-0.1, -0.05) is 19.1 Å². The number of amides is 2. The predicted molar refractivity (Wildman–Crippen MR) is 163 cm³/mol. The molecule has 0 radical (unpaired) electrons. The van der Waals surface area contributed by atoms with Crippen molar-refractivity contribution in [3.63, 3.8) is 0 Å². The number of nitrogens with two attached hydrogens (primary N) is 1. The maximum Gasteiger partial charge on any atom is 0.357 e. The van der Waals surface area contributed by atoms with Gasteiger partial charge in [0.15, 0.2) is 5.69 Å². The SMILES string of the molecule is CCCN(C)C(=O)c1ccc(-c2cc3c(cc2C(=O)Nc2ccc(CN)cc2)-c2sccc2CCO3)c(C(=O)OC)n1. The van der Waals surface area contributed by atoms with Crippen molar-refractivity contribution in [2.24, 2.45) is 5.73 Å². The Morgan fingerprint density at radius 2 is 1.86 bits per heavy atom. The van der Waals surface area contributed by atoms with E-state index in [1.54, 1.807) is 59.7 Å². The van der Waals surface area contributed by atoms with Crippen LogP contribution in [0.4, 0.5) is 5.69 Å². The van der Waals surface area contributed by atoms with E-state index in [4.69, 9.17) is 15.2 Å². The fourth-order valence-electron chi connectivity index (χ4n) is 4.93. The Morgan fingerprint density at radius 3 is 2.57 bits per heavy atom. The lowest BCUT2D eigenvalue weighted by Crippen LogP contribution is -2.28. The topological polar surface area (TPSA) is 124 Å². The first-order chi connectivity index (χ1) is 20.3. The van der Waals surface area contributed by atoms with Crippen molar-refractivity contribution >= 4 is 34.8 Å². The number of methoxy groups -OCH3 is 1. The third-order valence-corrected chi connectivity index (χ3v) is 8.11. The van der Waals surface area contributed by atoms with Gasteiger partial charge in [-0.05, 0) is 65.4 Å². The number of thiophene rings is 1. The number of fused-ring (bicyclic) bond motifs is 3. The van der Waals surface area contributed by atoms with Crippen molar-refractivity contribution in [2.45, 2.75) is 26.3 Å². The van der Waals surface area contributed by atoms with E-state index in [2.05, 4.69) is 16.4 Å². The normalized spacial score (nSPS) is 11.9. The second-order valence-corrected chi connectivity index (χ2v) is 10.8. The summed E-state index contributed by atoms with van der Waals surface area (Å²) in [5.41, 5.74) is 10.3. The molecule has 3 heterocycles. The van der Waals surface area contributed by atoms with E-state index in [0.29, 0.717) is 47.8 Å². The number of hydrogen-bond donors (Lipinski definition) is 2. The average molecular weight is 585 g/mol. The average Bonchev–Trinajstić information content (AvgIpc) is 3.41. The highest BCUT2D eigenvalue weighted by Crippen LogP contribution is 2.43. The molecule has 0 saturated carbocycles. The number of esters is 1. The zero-order valence-corrected chi connectivity index (χ0v) is 24.5. The quantitative estimate of drug-likeness (QED) is 0.266. The third-order valence-electron chi connectivity index (χ3n) is 7.12. The number of aromatic nitrogens is 1. The Kier molecular flexibility index (Phi) is 8.65. The van der Waals surface area contributed by atoms with Gasteiger partial charge in [0.1, 0.15) is 11.4 Å². The maximum absolute atomic E-state index is 13.9. The van der Waals surface area contributed by atoms with Gasteiger partial charge in [-0.3, -0.25) is 9.59 Å². The van der Waals surface area contributed by atoms with E-state index in [-0.39, 0.29) is 23.2 Å². The van der Waals surface area contributed by atoms with Crippen LogP contribution in [0.3, 0.4) is 0 Å². The van der Waals surface area contributed by atoms with Gasteiger partial charge in [0.25, 0.3) is 11.8 Å². The Labute approximate surface area is 248 Å². The summed E-state index contributed by atoms with van der Waals surface area (Å²) in [5, 5.41) is 4.99. The number of nitrogens with zero attached hydrogens (tertiary/aromatic N) is 2. The molecule has 0 fully saturated rings. The lowest BCUT2D eigenvalue weighted by Gasteiger charge is -2.19. The molecule has 10 heteroatoms. The minimum Gasteiger partial charge on any atom is -0.493 e. The maximum atomic E-state index is 13.9. The Hall–Kier alpha value is -4.54. The first-order valence-corrected chi connectivity index (χ1v) is 14.6. The first-order valence-electron chi connectivity index (χ1n) is 13.7. The van der Waals surface area contributed by atoms with Crippen LogP contribution in [-0.4, -0.2) is 55.0 Å². The number of ether oxygens (including phenoxy) is 2. The minimum absolute atomic E-state index is 0.0695. The molecule has 9 nitrogen and oxygen atoms in total. The number of rotatable bonds is 8. The fraction of sp³-hybridized carbons (Fsp3) is 0.250. The second-order valence-electron chi connectivity index (χ2n) is 9.93. The molecule has 0 spiro atoms. The lowest BCUT2D eigenvalue weighted by atomic mass is 9.93. The van der Waals surface area contributed by atoms with E-state index in [1.807, 2.05) is 24.4 Å². The van der Waals surface area contributed by atoms with Crippen molar-refractivity contribution in [1.82, 2.24) is 9.88 Å². The van der Waals surface area contributed by atoms with Gasteiger partial charge in [-0.25, -0.2) is 9.78 Å². The Bertz CT molecular complexity index is 1650. The van der Waals surface area contributed by atoms with Crippen LogP contribution in [0.25, 0.3) is 21.6 Å². The van der Waals surface area contributed by atoms with Gasteiger partial charge in [0.2, 0.25) is 0 Å². The molecule has 0 unspecified atom stereocenters. The van der Waals surface area contributed by atoms with Gasteiger partial charge in [-0.15, -0.1) is 11.3 Å². The summed E-state index contributed by atoms with van der Waals surface area (Å²) < 4.78 is 11.2. The molecule has 42 heavy (non-hydrogen) atoms. The minimum atomic E-state index is -0.724. The zero-order valence-electron chi connectivity index (χ0n) is 23.7. The van der Waals surface area contributed by atoms with Crippen molar-refractivity contribution < 1.29 is 23.9 Å². The summed E-state index contributed by atoms with van der Waals surface area (Å²) in [5.74, 6) is -0.830. The molecule has 216 valence electrons. The monoisotopic (exact) mass is 584 g/mol. The van der Waals surface area contributed by atoms with Gasteiger partial charge in [-0.2, -0.15) is 0 Å². The predicted octanol–water partition coefficient (Wildman–Crippen LogP) is 5.39. The highest BCUT2D eigenvalue weighted by Gasteiger charge is 2.27. The lowest BCUT2D eigenvalue weighted by molar-refractivity contribution is 0.0594. The Morgan fingerprint density at radius 1 is 1.07 bits per heavy atom. The van der Waals surface area contributed by atoms with Crippen LogP contribution in [0.1, 0.15) is 55.8 Å². The van der Waals surface area contributed by atoms with Crippen LogP contribution in [0.2, 0.25) is 0 Å². The summed E-state index contributed by atoms with van der Waals surface area (Å²) in [6, 6.07) is 16.1. The van der Waals surface area contributed by atoms with E-state index in [1.165, 1.54) is 7.11 Å². The molecule has 0 atom stereocenters. The number of anilines is 1. The van der Waals surface area contributed by atoms with Crippen molar-refractivity contribution in [3.05, 3.63) is 88.1 Å². The standard InChI is InChI=1S/C32H32N4O5S/c1-4-13-36(2)31(38)26-10-9-22(28(35-26)32(39)40-3)23-17-27-25(29-20(11-14-41-27)12-15-42-29)16-24(23)30(37)34-21-7-5-19(18-33)6-8-21/h5-10,12,15-17H,4,11,13-14,18,33H2,1-3H3,(H,34,37). The van der Waals surface area contributed by atoms with E-state index >= 15 is 0 Å². The van der Waals surface area contributed by atoms with Crippen LogP contribution >= 0.6 is 11.3 Å². The second kappa shape index (κ2) is 12.5. The zero-order chi connectivity index (χ0) is 29.8. The number of carbonyl (C=O) groups excluding carboxylic acids is 3. The Balaban J connectivity index is 1.67. The van der Waals surface area contributed by atoms with Crippen molar-refractivity contribution in [1.29, 1.82) is 0 Å². The molecular formula is C32H32N4O5S. The van der Waals surface area contributed by atoms with E-state index in [9.17, 15) is 14.4 Å². The molecule has 1 aliphatic rings. The summed E-state index contributed by atoms with van der Waals surface area (Å²) in [6.07, 6.45) is 1.51. The summed E-state index contributed by atoms with van der Waals surface area (Å²) in [6.45, 7) is 3.37. The number of nitrogens with one attached hydrogen (secondary N) is 1. The summed E-state index contributed by atoms with van der Waals surface area (Å²) in [4.78, 5) is 47.0. The molecule has 0 bridgehead atoms. The van der Waals surface area contributed by atoms with Crippen molar-refractivity contribution in [2.75, 3.05) is 32.6 Å². The number of pyridine rings is 1. The molecular weight excluding hydrogens is 552 g/mol. The molecule has 2 aromatic carbocycles. The van der Waals surface area contributed by atoms with Gasteiger partial charge < -0.3 is 25.4 Å². The summed E-state index contributed by atoms with van der Waals surface area (Å²) in [7, 11) is 2.94. The smallest absolute Gasteiger partial charge is 0.357 e. The molecule has 0 aliphatic carbocycles. The van der Waals surface area contributed by atoms with Crippen LogP contribution in [-0.2, 0) is 17.7 Å². The molecule has 2 aromatic heterocycles. The molecule has 3 N–H and O–H groups in total. The van der Waals surface area contributed by atoms with Gasteiger partial charge >= 0.3 is 5.97 Å². The summed E-state index contributed by atoms with van der Waals surface area (Å²) >= 11 is 1.58. The van der Waals surface area contributed by atoms with E-state index < -0.39 is 5.97 Å². The first kappa shape index (κ1) is 29.0. The highest BCUT2D eigenvalue weighted by atomic mass is 32.1.